The topological polar surface area (TPSA) is 269 Å². The van der Waals surface area contributed by atoms with E-state index in [-0.39, 0.29) is 71.4 Å². The minimum Gasteiger partial charge on any atom is -0.493 e. The Kier molecular flexibility index (Phi) is 31.3. The molecule has 6 aliphatic rings. The van der Waals surface area contributed by atoms with Crippen molar-refractivity contribution in [2.24, 2.45) is 35.5 Å². The lowest BCUT2D eigenvalue weighted by atomic mass is 9.85. The van der Waals surface area contributed by atoms with Crippen LogP contribution in [0.25, 0.3) is 0 Å². The number of carbonyl (C=O) groups is 6. The molecule has 6 fully saturated rings. The Morgan fingerprint density at radius 3 is 0.826 bits per heavy atom. The summed E-state index contributed by atoms with van der Waals surface area (Å²) >= 11 is 5.28. The number of rotatable bonds is 24. The van der Waals surface area contributed by atoms with E-state index in [2.05, 4.69) is 27.1 Å². The fourth-order valence-corrected chi connectivity index (χ4v) is 13.9. The highest BCUT2D eigenvalue weighted by Gasteiger charge is 2.40. The third kappa shape index (κ3) is 23.3. The maximum absolute atomic E-state index is 12.6. The van der Waals surface area contributed by atoms with Gasteiger partial charge in [-0.05, 0) is 166 Å². The van der Waals surface area contributed by atoms with Gasteiger partial charge in [0.25, 0.3) is 0 Å². The van der Waals surface area contributed by atoms with Crippen molar-refractivity contribution in [2.45, 2.75) is 38.5 Å². The summed E-state index contributed by atoms with van der Waals surface area (Å²) in [4.78, 5) is 83.8. The Labute approximate surface area is 642 Å². The van der Waals surface area contributed by atoms with E-state index in [0.717, 1.165) is 72.6 Å². The van der Waals surface area contributed by atoms with Crippen molar-refractivity contribution in [3.8, 4) is 69.0 Å². The number of esters is 3. The van der Waals surface area contributed by atoms with Crippen LogP contribution >= 0.6 is 11.6 Å². The molecule has 0 unspecified atom stereocenters. The van der Waals surface area contributed by atoms with Crippen molar-refractivity contribution < 1.29 is 99.8 Å². The van der Waals surface area contributed by atoms with Gasteiger partial charge >= 0.3 is 35.5 Å². The van der Waals surface area contributed by atoms with Crippen LogP contribution in [0.3, 0.4) is 0 Å². The number of nitrogens with zero attached hydrogens (tertiary/aromatic N) is 5. The molecule has 12 rings (SSSR count). The van der Waals surface area contributed by atoms with Crippen LogP contribution in [0.15, 0.2) is 109 Å². The van der Waals surface area contributed by atoms with Gasteiger partial charge in [0.05, 0.1) is 102 Å². The van der Waals surface area contributed by atoms with Gasteiger partial charge < -0.3 is 101 Å². The monoisotopic (exact) mass is 1530 g/mol. The summed E-state index contributed by atoms with van der Waals surface area (Å²) in [6.45, 7) is 11.6. The first-order chi connectivity index (χ1) is 52.7. The van der Waals surface area contributed by atoms with E-state index in [1.54, 1.807) is 82.8 Å². The minimum atomic E-state index is -0.949. The summed E-state index contributed by atoms with van der Waals surface area (Å²) in [5.74, 6) is 4.71. The first-order valence-corrected chi connectivity index (χ1v) is 36.8. The number of likely N-dealkylation sites (N-methyl/N-ethyl adjacent to an activating group) is 3. The second-order valence-corrected chi connectivity index (χ2v) is 27.8. The number of cyclic esters (lactones) is 3. The van der Waals surface area contributed by atoms with E-state index >= 15 is 0 Å². The van der Waals surface area contributed by atoms with Crippen molar-refractivity contribution in [3.63, 3.8) is 0 Å². The molecule has 109 heavy (non-hydrogen) atoms. The van der Waals surface area contributed by atoms with E-state index in [1.165, 1.54) is 34.4 Å². The van der Waals surface area contributed by atoms with Gasteiger partial charge in [-0.1, -0.05) is 36.4 Å². The molecule has 28 heteroatoms. The molecule has 6 saturated heterocycles. The summed E-state index contributed by atoms with van der Waals surface area (Å²) in [6.07, 6.45) is 2.72. The Balaban J connectivity index is 0.000000180. The molecule has 0 spiro atoms. The van der Waals surface area contributed by atoms with E-state index < -0.39 is 5.43 Å². The first kappa shape index (κ1) is 83.1. The van der Waals surface area contributed by atoms with Gasteiger partial charge in [0.2, 0.25) is 0 Å². The third-order valence-corrected chi connectivity index (χ3v) is 20.3. The Hall–Kier alpha value is -9.93. The number of amides is 2. The number of piperazine rings is 3. The Morgan fingerprint density at radius 2 is 0.578 bits per heavy atom. The molecule has 27 nitrogen and oxygen atoms in total. The highest BCUT2D eigenvalue weighted by Crippen LogP contribution is 2.40. The number of halogens is 1. The van der Waals surface area contributed by atoms with Gasteiger partial charge in [-0.3, -0.25) is 14.4 Å². The van der Waals surface area contributed by atoms with E-state index in [0.29, 0.717) is 148 Å². The van der Waals surface area contributed by atoms with Crippen molar-refractivity contribution in [1.82, 2.24) is 29.8 Å². The molecule has 0 bridgehead atoms. The fourth-order valence-electron chi connectivity index (χ4n) is 13.8. The predicted octanol–water partition coefficient (Wildman–Crippen LogP) is 9.61. The van der Waals surface area contributed by atoms with Gasteiger partial charge in [0, 0.05) is 108 Å². The number of hydrogen-bond donors (Lipinski definition) is 1. The summed E-state index contributed by atoms with van der Waals surface area (Å²) in [5, 5.41) is 3.27. The smallest absolute Gasteiger partial charge is 0.415 e. The van der Waals surface area contributed by atoms with Crippen molar-refractivity contribution in [2.75, 3.05) is 183 Å². The van der Waals surface area contributed by atoms with Crippen LogP contribution in [0.2, 0.25) is 0 Å². The maximum Gasteiger partial charge on any atom is 0.415 e. The largest absolute Gasteiger partial charge is 0.493 e. The Bertz CT molecular complexity index is 3860. The lowest BCUT2D eigenvalue weighted by Crippen LogP contribution is -2.48. The van der Waals surface area contributed by atoms with E-state index in [1.807, 2.05) is 93.0 Å². The van der Waals surface area contributed by atoms with Crippen LogP contribution in [0.1, 0.15) is 33.4 Å². The highest BCUT2D eigenvalue weighted by molar-refractivity contribution is 6.61. The molecule has 0 radical (unpaired) electrons. The quantitative estimate of drug-likeness (QED) is 0.0335. The zero-order valence-electron chi connectivity index (χ0n) is 64.4. The van der Waals surface area contributed by atoms with Crippen LogP contribution in [0, 0.1) is 35.5 Å². The number of methoxy groups -OCH3 is 9. The summed E-state index contributed by atoms with van der Waals surface area (Å²) < 4.78 is 80.8. The second-order valence-electron chi connectivity index (χ2n) is 27.4. The zero-order chi connectivity index (χ0) is 78.1. The van der Waals surface area contributed by atoms with Gasteiger partial charge in [0.1, 0.15) is 0 Å². The molecule has 6 heterocycles. The summed E-state index contributed by atoms with van der Waals surface area (Å²) in [6, 6.07) is 33.2. The SMILES string of the molecule is CN1CCNCC1.COc1ccc(C[C@H]2COC(=O)[C@@H]2Cc2ccc(OC(=O)Cl)c(OC)c2)cc1OC.COc1ccc(C[C@H]2COC(=O)[C@@H]2Cc2ccc(OC(=O)N3CCN(C)CC3)c(OC)c2)cc1OC.COc1ccc(C[C@H]2COC(=O)[C@@H]2Cc2ccc(OC(=O)N3CCN(C)CC3)c(OC)c2)cc1OC. The molecule has 0 saturated carbocycles. The third-order valence-electron chi connectivity index (χ3n) is 20.3. The molecule has 590 valence electrons. The first-order valence-electron chi connectivity index (χ1n) is 36.4. The van der Waals surface area contributed by atoms with Crippen molar-refractivity contribution >= 4 is 47.1 Å². The standard InChI is InChI=1S/2C27H34N2O7.C22H23ClO7.C5H12N2/c2*1-28-9-11-29(12-10-28)27(31)36-23-8-6-19(16-25(23)34-4)14-21-20(17-35-26(21)30)13-18-5-7-22(32-2)24(15-18)33-3;1-26-17-6-4-13(10-19(17)27-2)8-15-12-29-21(24)16(15)9-14-5-7-18(30-22(23)25)20(11-14)28-3;1-7-4-2-6-3-5-7/h2*5-8,15-16,20-21H,9-14,17H2,1-4H3;4-7,10-11,15-16H,8-9,12H2,1-3H3;6H,2-5H2,1H3/t2*20-,21+;15-,16+;/m000./s1. The number of carbonyl (C=O) groups excluding carboxylic acids is 6. The van der Waals surface area contributed by atoms with Gasteiger partial charge in [0.15, 0.2) is 69.0 Å². The number of nitrogens with one attached hydrogen (secondary N) is 1. The fraction of sp³-hybridized carbons (Fsp3) is 0.481. The molecule has 0 aliphatic carbocycles. The molecule has 6 aliphatic heterocycles. The summed E-state index contributed by atoms with van der Waals surface area (Å²) in [5.41, 5.74) is 4.86. The number of hydrogen-bond acceptors (Lipinski definition) is 25. The molecule has 6 atom stereocenters. The van der Waals surface area contributed by atoms with Crippen LogP contribution in [0.5, 0.6) is 69.0 Å². The van der Waals surface area contributed by atoms with Gasteiger partial charge in [-0.2, -0.15) is 0 Å². The average Bonchev–Trinajstić information content (AvgIpc) is 1.75. The summed E-state index contributed by atoms with van der Waals surface area (Å²) in [7, 11) is 20.3. The maximum atomic E-state index is 12.6. The number of benzene rings is 6. The Morgan fingerprint density at radius 1 is 0.339 bits per heavy atom. The average molecular weight is 1530 g/mol. The lowest BCUT2D eigenvalue weighted by molar-refractivity contribution is -0.142. The molecular formula is C81H103ClN6O21. The molecule has 2 amide bonds. The predicted molar refractivity (Wildman–Crippen MR) is 406 cm³/mol. The van der Waals surface area contributed by atoms with Gasteiger partial charge in [-0.25, -0.2) is 14.4 Å². The normalized spacial score (nSPS) is 19.8. The molecule has 0 aromatic heterocycles. The van der Waals surface area contributed by atoms with E-state index in [4.69, 9.17) is 82.7 Å². The number of ether oxygens (including phenoxy) is 15. The van der Waals surface area contributed by atoms with Crippen molar-refractivity contribution in [3.05, 3.63) is 143 Å². The molecular weight excluding hydrogens is 1430 g/mol. The minimum absolute atomic E-state index is 0.0157. The lowest BCUT2D eigenvalue weighted by Gasteiger charge is -2.31. The molecule has 6 aromatic rings. The van der Waals surface area contributed by atoms with Crippen LogP contribution < -0.4 is 62.2 Å². The van der Waals surface area contributed by atoms with Gasteiger partial charge in [-0.15, -0.1) is 0 Å². The second kappa shape index (κ2) is 41.0. The van der Waals surface area contributed by atoms with Crippen LogP contribution in [-0.4, -0.2) is 244 Å². The zero-order valence-corrected chi connectivity index (χ0v) is 65.1. The van der Waals surface area contributed by atoms with Crippen LogP contribution in [0.4, 0.5) is 14.4 Å². The van der Waals surface area contributed by atoms with Crippen LogP contribution in [-0.2, 0) is 67.1 Å². The molecule has 1 N–H and O–H groups in total. The van der Waals surface area contributed by atoms with Crippen molar-refractivity contribution in [1.29, 1.82) is 0 Å². The highest BCUT2D eigenvalue weighted by atomic mass is 35.5. The van der Waals surface area contributed by atoms with E-state index in [9.17, 15) is 28.8 Å². The molecule has 6 aromatic carbocycles.